The van der Waals surface area contributed by atoms with Gasteiger partial charge in [-0.15, -0.1) is 0 Å². The zero-order valence-electron chi connectivity index (χ0n) is 16.4. The highest BCUT2D eigenvalue weighted by Crippen LogP contribution is 2.39. The van der Waals surface area contributed by atoms with Crippen LogP contribution in [0.5, 0.6) is 11.5 Å². The van der Waals surface area contributed by atoms with Gasteiger partial charge in [0.15, 0.2) is 12.4 Å². The van der Waals surface area contributed by atoms with Crippen LogP contribution in [-0.4, -0.2) is 24.0 Å². The van der Waals surface area contributed by atoms with Crippen LogP contribution in [0.3, 0.4) is 0 Å². The van der Waals surface area contributed by atoms with E-state index in [1.54, 1.807) is 17.0 Å². The van der Waals surface area contributed by atoms with Crippen molar-refractivity contribution >= 4 is 17.3 Å². The Morgan fingerprint density at radius 3 is 2.63 bits per heavy atom. The Hall–Kier alpha value is -3.87. The average Bonchev–Trinajstić information content (AvgIpc) is 2.77. The van der Waals surface area contributed by atoms with Gasteiger partial charge >= 0.3 is 5.69 Å². The molecule has 0 aliphatic carbocycles. The number of nitro groups is 1. The molecular formula is C23H20N2O5. The van der Waals surface area contributed by atoms with E-state index in [2.05, 4.69) is 0 Å². The maximum absolute atomic E-state index is 13.3. The van der Waals surface area contributed by atoms with Gasteiger partial charge in [0, 0.05) is 6.07 Å². The largest absolute Gasteiger partial charge is 0.489 e. The molecule has 0 aromatic heterocycles. The Kier molecular flexibility index (Phi) is 5.34. The molecule has 1 heterocycles. The summed E-state index contributed by atoms with van der Waals surface area (Å²) < 4.78 is 11.5. The quantitative estimate of drug-likeness (QED) is 0.464. The van der Waals surface area contributed by atoms with Crippen molar-refractivity contribution in [2.24, 2.45) is 0 Å². The Balaban J connectivity index is 1.64. The van der Waals surface area contributed by atoms with E-state index >= 15 is 0 Å². The van der Waals surface area contributed by atoms with E-state index in [9.17, 15) is 14.9 Å². The Bertz CT molecular complexity index is 1080. The van der Waals surface area contributed by atoms with Crippen LogP contribution >= 0.6 is 0 Å². The van der Waals surface area contributed by atoms with E-state index in [1.165, 1.54) is 6.07 Å². The van der Waals surface area contributed by atoms with Crippen molar-refractivity contribution in [3.8, 4) is 11.5 Å². The first kappa shape index (κ1) is 19.4. The van der Waals surface area contributed by atoms with E-state index in [0.29, 0.717) is 18.0 Å². The summed E-state index contributed by atoms with van der Waals surface area (Å²) >= 11 is 0. The first-order valence-electron chi connectivity index (χ1n) is 9.51. The van der Waals surface area contributed by atoms with Gasteiger partial charge < -0.3 is 9.47 Å². The minimum atomic E-state index is -0.518. The van der Waals surface area contributed by atoms with Crippen molar-refractivity contribution < 1.29 is 19.2 Å². The summed E-state index contributed by atoms with van der Waals surface area (Å²) in [5.41, 5.74) is 2.21. The Morgan fingerprint density at radius 1 is 1.13 bits per heavy atom. The molecule has 3 aromatic carbocycles. The van der Waals surface area contributed by atoms with Crippen molar-refractivity contribution in [3.63, 3.8) is 0 Å². The van der Waals surface area contributed by atoms with Gasteiger partial charge in [-0.25, -0.2) is 0 Å². The fourth-order valence-electron chi connectivity index (χ4n) is 3.51. The van der Waals surface area contributed by atoms with E-state index in [1.807, 2.05) is 61.5 Å². The number of rotatable bonds is 5. The number of hydrogen-bond donors (Lipinski definition) is 0. The molecule has 0 radical (unpaired) electrons. The molecule has 3 aromatic rings. The lowest BCUT2D eigenvalue weighted by atomic mass is 10.0. The number of carbonyl (C=O) groups is 1. The normalized spacial score (nSPS) is 15.1. The maximum atomic E-state index is 13.3. The third-order valence-corrected chi connectivity index (χ3v) is 4.95. The van der Waals surface area contributed by atoms with Crippen LogP contribution in [0.4, 0.5) is 11.4 Å². The van der Waals surface area contributed by atoms with Gasteiger partial charge in [-0.3, -0.25) is 19.8 Å². The van der Waals surface area contributed by atoms with Crippen molar-refractivity contribution in [1.29, 1.82) is 0 Å². The fourth-order valence-corrected chi connectivity index (χ4v) is 3.51. The summed E-state index contributed by atoms with van der Waals surface area (Å²) in [7, 11) is 0. The van der Waals surface area contributed by atoms with Crippen molar-refractivity contribution in [1.82, 2.24) is 0 Å². The average molecular weight is 404 g/mol. The summed E-state index contributed by atoms with van der Waals surface area (Å²) in [5.74, 6) is 0.376. The number of hydrogen-bond acceptors (Lipinski definition) is 5. The standard InChI is InChI=1S/C23H20N2O5/c1-16-11-12-19(25(27)28)22(13-16)30-15-23(26)24-18-9-5-6-10-21(18)29-14-20(24)17-7-3-2-4-8-17/h2-13,20H,14-15H2,1H3/t20-/m1/s1. The van der Waals surface area contributed by atoms with Gasteiger partial charge in [0.25, 0.3) is 5.91 Å². The van der Waals surface area contributed by atoms with Crippen LogP contribution in [0.15, 0.2) is 72.8 Å². The molecule has 1 aliphatic heterocycles. The first-order valence-corrected chi connectivity index (χ1v) is 9.51. The highest BCUT2D eigenvalue weighted by molar-refractivity contribution is 5.97. The van der Waals surface area contributed by atoms with Crippen LogP contribution in [-0.2, 0) is 4.79 Å². The first-order chi connectivity index (χ1) is 14.5. The van der Waals surface area contributed by atoms with Gasteiger partial charge in [-0.1, -0.05) is 48.5 Å². The SMILES string of the molecule is Cc1ccc([N+](=O)[O-])c(OCC(=O)N2c3ccccc3OC[C@@H]2c2ccccc2)c1. The number of ether oxygens (including phenoxy) is 2. The molecule has 0 spiro atoms. The molecule has 0 unspecified atom stereocenters. The summed E-state index contributed by atoms with van der Waals surface area (Å²) in [6.07, 6.45) is 0. The Morgan fingerprint density at radius 2 is 1.87 bits per heavy atom. The van der Waals surface area contributed by atoms with Crippen LogP contribution in [0, 0.1) is 17.0 Å². The lowest BCUT2D eigenvalue weighted by Crippen LogP contribution is -2.43. The molecule has 4 rings (SSSR count). The molecule has 152 valence electrons. The zero-order chi connectivity index (χ0) is 21.1. The number of benzene rings is 3. The molecule has 0 bridgehead atoms. The van der Waals surface area contributed by atoms with Crippen molar-refractivity contribution in [3.05, 3.63) is 94.0 Å². The zero-order valence-corrected chi connectivity index (χ0v) is 16.4. The highest BCUT2D eigenvalue weighted by atomic mass is 16.6. The molecule has 0 N–H and O–H groups in total. The van der Waals surface area contributed by atoms with Crippen LogP contribution in [0.2, 0.25) is 0 Å². The van der Waals surface area contributed by atoms with E-state index in [0.717, 1.165) is 11.1 Å². The number of fused-ring (bicyclic) bond motifs is 1. The van der Waals surface area contributed by atoms with Crippen molar-refractivity contribution in [2.75, 3.05) is 18.1 Å². The van der Waals surface area contributed by atoms with Crippen LogP contribution < -0.4 is 14.4 Å². The van der Waals surface area contributed by atoms with Crippen LogP contribution in [0.1, 0.15) is 17.2 Å². The lowest BCUT2D eigenvalue weighted by Gasteiger charge is -2.37. The molecule has 30 heavy (non-hydrogen) atoms. The summed E-state index contributed by atoms with van der Waals surface area (Å²) in [6, 6.07) is 21.2. The number of para-hydroxylation sites is 2. The van der Waals surface area contributed by atoms with Gasteiger partial charge in [-0.2, -0.15) is 0 Å². The molecule has 0 saturated heterocycles. The summed E-state index contributed by atoms with van der Waals surface area (Å²) in [5, 5.41) is 11.3. The molecular weight excluding hydrogens is 384 g/mol. The monoisotopic (exact) mass is 404 g/mol. The number of anilines is 1. The predicted octanol–water partition coefficient (Wildman–Crippen LogP) is 4.45. The molecule has 7 nitrogen and oxygen atoms in total. The molecule has 7 heteroatoms. The molecule has 1 atom stereocenters. The highest BCUT2D eigenvalue weighted by Gasteiger charge is 2.33. The molecule has 1 aliphatic rings. The van der Waals surface area contributed by atoms with Crippen LogP contribution in [0.25, 0.3) is 0 Å². The minimum Gasteiger partial charge on any atom is -0.489 e. The predicted molar refractivity (Wildman–Crippen MR) is 112 cm³/mol. The molecule has 0 fully saturated rings. The topological polar surface area (TPSA) is 81.9 Å². The van der Waals surface area contributed by atoms with Gasteiger partial charge in [-0.05, 0) is 36.2 Å². The second-order valence-corrected chi connectivity index (χ2v) is 6.99. The second-order valence-electron chi connectivity index (χ2n) is 6.99. The van der Waals surface area contributed by atoms with Gasteiger partial charge in [0.2, 0.25) is 0 Å². The lowest BCUT2D eigenvalue weighted by molar-refractivity contribution is -0.385. The number of nitro benzene ring substituents is 1. The molecule has 0 saturated carbocycles. The van der Waals surface area contributed by atoms with E-state index in [4.69, 9.17) is 9.47 Å². The number of nitrogens with zero attached hydrogens (tertiary/aromatic N) is 2. The van der Waals surface area contributed by atoms with Gasteiger partial charge in [0.05, 0.1) is 16.7 Å². The summed E-state index contributed by atoms with van der Waals surface area (Å²) in [6.45, 7) is 1.78. The van der Waals surface area contributed by atoms with E-state index in [-0.39, 0.29) is 30.0 Å². The minimum absolute atomic E-state index is 0.0751. The second kappa shape index (κ2) is 8.24. The Labute approximate surface area is 173 Å². The van der Waals surface area contributed by atoms with E-state index < -0.39 is 4.92 Å². The molecule has 1 amide bonds. The fraction of sp³-hybridized carbons (Fsp3) is 0.174. The summed E-state index contributed by atoms with van der Waals surface area (Å²) in [4.78, 5) is 25.7. The number of carbonyl (C=O) groups excluding carboxylic acids is 1. The maximum Gasteiger partial charge on any atom is 0.310 e. The van der Waals surface area contributed by atoms with Crippen molar-refractivity contribution in [2.45, 2.75) is 13.0 Å². The third kappa shape index (κ3) is 3.82. The van der Waals surface area contributed by atoms with Gasteiger partial charge in [0.1, 0.15) is 12.4 Å². The smallest absolute Gasteiger partial charge is 0.310 e. The number of aryl methyl sites for hydroxylation is 1. The number of amides is 1. The third-order valence-electron chi connectivity index (χ3n) is 4.95.